The number of sulfonamides is 2. The molecule has 1 aliphatic rings. The molecule has 0 bridgehead atoms. The first-order valence-electron chi connectivity index (χ1n) is 8.78. The lowest BCUT2D eigenvalue weighted by Crippen LogP contribution is -2.39. The van der Waals surface area contributed by atoms with Crippen LogP contribution in [0.2, 0.25) is 5.02 Å². The van der Waals surface area contributed by atoms with Crippen LogP contribution >= 0.6 is 34.2 Å². The fraction of sp³-hybridized carbons (Fsp3) is 0.176. The van der Waals surface area contributed by atoms with Gasteiger partial charge in [-0.2, -0.15) is 4.31 Å². The predicted octanol–water partition coefficient (Wildman–Crippen LogP) is 1.81. The maximum Gasteiger partial charge on any atom is 0.247 e. The van der Waals surface area contributed by atoms with Crippen molar-refractivity contribution in [3.63, 3.8) is 0 Å². The lowest BCUT2D eigenvalue weighted by atomic mass is 10.2. The molecular formula is C17H16ClIN6O4S2. The monoisotopic (exact) mass is 594 g/mol. The van der Waals surface area contributed by atoms with E-state index in [0.29, 0.717) is 12.2 Å². The Hall–Kier alpha value is -1.78. The number of benzene rings is 2. The van der Waals surface area contributed by atoms with Crippen LogP contribution in [0.4, 0.5) is 5.69 Å². The normalized spacial score (nSPS) is 16.0. The highest BCUT2D eigenvalue weighted by molar-refractivity contribution is 14.1. The molecule has 0 saturated carbocycles. The average molecular weight is 595 g/mol. The van der Waals surface area contributed by atoms with Crippen molar-refractivity contribution in [2.75, 3.05) is 12.0 Å². The van der Waals surface area contributed by atoms with E-state index in [0.717, 1.165) is 19.5 Å². The molecule has 0 radical (unpaired) electrons. The molecule has 0 aliphatic carbocycles. The number of anilines is 1. The molecule has 2 aromatic carbocycles. The maximum atomic E-state index is 13.1. The number of hydrogen-bond donors (Lipinski definition) is 2. The zero-order chi connectivity index (χ0) is 22.4. The van der Waals surface area contributed by atoms with Crippen LogP contribution in [0.3, 0.4) is 0 Å². The van der Waals surface area contributed by atoms with Crippen LogP contribution in [0.25, 0.3) is 0 Å². The largest absolute Gasteiger partial charge is 0.370 e. The first-order valence-corrected chi connectivity index (χ1v) is 13.2. The molecule has 0 amide bonds. The number of halogens is 2. The van der Waals surface area contributed by atoms with Crippen molar-refractivity contribution in [1.29, 1.82) is 0 Å². The molecule has 0 fully saturated rings. The van der Waals surface area contributed by atoms with Gasteiger partial charge in [0.15, 0.2) is 0 Å². The molecule has 31 heavy (non-hydrogen) atoms. The summed E-state index contributed by atoms with van der Waals surface area (Å²) in [5.74, 6) is 0. The highest BCUT2D eigenvalue weighted by atomic mass is 127. The van der Waals surface area contributed by atoms with E-state index < -0.39 is 24.9 Å². The van der Waals surface area contributed by atoms with Gasteiger partial charge < -0.3 is 5.32 Å². The number of rotatable bonds is 5. The molecule has 14 heteroatoms. The number of aromatic nitrogens is 3. The Bertz CT molecular complexity index is 1360. The summed E-state index contributed by atoms with van der Waals surface area (Å²) in [7, 11) is -8.21. The minimum Gasteiger partial charge on any atom is -0.370 e. The summed E-state index contributed by atoms with van der Waals surface area (Å²) in [6.07, 6.45) is 1.67. The van der Waals surface area contributed by atoms with E-state index in [2.05, 4.69) is 38.2 Å². The van der Waals surface area contributed by atoms with E-state index in [1.807, 2.05) is 24.3 Å². The third-order valence-electron chi connectivity index (χ3n) is 4.59. The topological polar surface area (TPSA) is 140 Å². The van der Waals surface area contributed by atoms with Crippen molar-refractivity contribution in [3.8, 4) is 0 Å². The number of nitrogens with zero attached hydrogens (tertiary/aromatic N) is 4. The van der Waals surface area contributed by atoms with Crippen LogP contribution in [0.1, 0.15) is 11.3 Å². The average Bonchev–Trinajstić information content (AvgIpc) is 3.11. The second-order valence-electron chi connectivity index (χ2n) is 6.81. The molecule has 0 unspecified atom stereocenters. The second-order valence-corrected chi connectivity index (χ2v) is 11.9. The number of hydrogen-bond acceptors (Lipinski definition) is 7. The van der Waals surface area contributed by atoms with Crippen LogP contribution in [0.15, 0.2) is 52.4 Å². The van der Waals surface area contributed by atoms with Crippen molar-refractivity contribution in [2.24, 2.45) is 5.14 Å². The second kappa shape index (κ2) is 8.29. The van der Waals surface area contributed by atoms with Crippen molar-refractivity contribution in [3.05, 3.63) is 62.4 Å². The summed E-state index contributed by atoms with van der Waals surface area (Å²) < 4.78 is 53.5. The van der Waals surface area contributed by atoms with Crippen molar-refractivity contribution < 1.29 is 16.8 Å². The molecule has 3 aromatic rings. The van der Waals surface area contributed by atoms with Gasteiger partial charge in [0, 0.05) is 3.57 Å². The summed E-state index contributed by atoms with van der Waals surface area (Å²) in [5, 5.41) is 16.0. The van der Waals surface area contributed by atoms with Gasteiger partial charge in [0.1, 0.15) is 9.79 Å². The van der Waals surface area contributed by atoms with Gasteiger partial charge in [-0.1, -0.05) is 28.9 Å². The molecule has 10 nitrogen and oxygen atoms in total. The first-order chi connectivity index (χ1) is 14.5. The zero-order valence-electron chi connectivity index (χ0n) is 15.7. The Morgan fingerprint density at radius 2 is 1.90 bits per heavy atom. The molecule has 1 aliphatic heterocycles. The van der Waals surface area contributed by atoms with Crippen molar-refractivity contribution in [2.45, 2.75) is 22.9 Å². The van der Waals surface area contributed by atoms with Crippen LogP contribution in [-0.2, 0) is 33.1 Å². The van der Waals surface area contributed by atoms with Gasteiger partial charge in [-0.15, -0.1) is 5.10 Å². The Labute approximate surface area is 197 Å². The van der Waals surface area contributed by atoms with Gasteiger partial charge in [0.25, 0.3) is 0 Å². The summed E-state index contributed by atoms with van der Waals surface area (Å²) in [6, 6.07) is 10.1. The summed E-state index contributed by atoms with van der Waals surface area (Å²) in [6.45, 7) is 0.410. The summed E-state index contributed by atoms with van der Waals surface area (Å²) in [5.41, 5.74) is 1.68. The van der Waals surface area contributed by atoms with Gasteiger partial charge >= 0.3 is 0 Å². The quantitative estimate of drug-likeness (QED) is 0.429. The first kappa shape index (κ1) is 22.4. The van der Waals surface area contributed by atoms with Crippen molar-refractivity contribution >= 4 is 59.9 Å². The Balaban J connectivity index is 1.57. The minimum atomic E-state index is -4.19. The Morgan fingerprint density at radius 3 is 2.58 bits per heavy atom. The molecule has 4 rings (SSSR count). The molecule has 0 atom stereocenters. The van der Waals surface area contributed by atoms with E-state index in [4.69, 9.17) is 16.7 Å². The third-order valence-corrected chi connectivity index (χ3v) is 8.51. The smallest absolute Gasteiger partial charge is 0.247 e. The SMILES string of the molecule is NS(=O)(=O)c1cc2c(cc1Cl)NCN(Cc1cn(Cc3ccc(I)cc3)nn1)S2(=O)=O. The molecular weight excluding hydrogens is 579 g/mol. The Kier molecular flexibility index (Phi) is 5.99. The zero-order valence-corrected chi connectivity index (χ0v) is 20.3. The highest BCUT2D eigenvalue weighted by Gasteiger charge is 2.34. The number of primary sulfonamides is 1. The Morgan fingerprint density at radius 1 is 1.19 bits per heavy atom. The van der Waals surface area contributed by atoms with E-state index in [1.165, 1.54) is 6.07 Å². The summed E-state index contributed by atoms with van der Waals surface area (Å²) in [4.78, 5) is -0.679. The van der Waals surface area contributed by atoms with E-state index in [1.54, 1.807) is 10.9 Å². The van der Waals surface area contributed by atoms with Gasteiger partial charge in [-0.25, -0.2) is 26.7 Å². The fourth-order valence-corrected chi connectivity index (χ4v) is 6.11. The van der Waals surface area contributed by atoms with Crippen molar-refractivity contribution in [1.82, 2.24) is 19.3 Å². The van der Waals surface area contributed by atoms with E-state index in [-0.39, 0.29) is 28.8 Å². The lowest BCUT2D eigenvalue weighted by Gasteiger charge is -2.29. The van der Waals surface area contributed by atoms with Crippen LogP contribution < -0.4 is 10.5 Å². The van der Waals surface area contributed by atoms with Crippen LogP contribution in [0, 0.1) is 3.57 Å². The lowest BCUT2D eigenvalue weighted by molar-refractivity contribution is 0.416. The van der Waals surface area contributed by atoms with Gasteiger partial charge in [-0.3, -0.25) is 0 Å². The number of nitrogens with one attached hydrogen (secondary N) is 1. The van der Waals surface area contributed by atoms with Crippen LogP contribution in [-0.4, -0.2) is 42.8 Å². The molecule has 1 aromatic heterocycles. The highest BCUT2D eigenvalue weighted by Crippen LogP contribution is 2.35. The van der Waals surface area contributed by atoms with E-state index >= 15 is 0 Å². The molecule has 164 valence electrons. The summed E-state index contributed by atoms with van der Waals surface area (Å²) >= 11 is 8.18. The number of fused-ring (bicyclic) bond motifs is 1. The van der Waals surface area contributed by atoms with E-state index in [9.17, 15) is 16.8 Å². The van der Waals surface area contributed by atoms with Crippen LogP contribution in [0.5, 0.6) is 0 Å². The minimum absolute atomic E-state index is 0.0373. The third kappa shape index (κ3) is 4.70. The molecule has 0 saturated heterocycles. The standard InChI is InChI=1S/C17H16ClIN6O4S2/c18-14-5-15-17(6-16(14)30(20,26)27)31(28,29)25(10-21-15)9-13-8-24(23-22-13)7-11-1-3-12(19)4-2-11/h1-6,8,21H,7,9-10H2,(H2,20,26,27). The van der Waals surface area contributed by atoms with Gasteiger partial charge in [0.05, 0.1) is 42.4 Å². The predicted molar refractivity (Wildman–Crippen MR) is 122 cm³/mol. The fourth-order valence-electron chi connectivity index (χ4n) is 3.09. The maximum absolute atomic E-state index is 13.1. The number of nitrogens with two attached hydrogens (primary N) is 1. The van der Waals surface area contributed by atoms with Gasteiger partial charge in [-0.05, 0) is 52.4 Å². The molecule has 0 spiro atoms. The molecule has 2 heterocycles. The van der Waals surface area contributed by atoms with Gasteiger partial charge in [0.2, 0.25) is 20.0 Å². The molecule has 3 N–H and O–H groups in total.